The van der Waals surface area contributed by atoms with Gasteiger partial charge in [0.2, 0.25) is 11.1 Å². The Morgan fingerprint density at radius 1 is 1.38 bits per heavy atom. The molecule has 5 nitrogen and oxygen atoms in total. The molecule has 90 valence electrons. The lowest BCUT2D eigenvalue weighted by molar-refractivity contribution is 0.0944. The molecule has 1 fully saturated rings. The molecule has 1 aromatic heterocycles. The van der Waals surface area contributed by atoms with Gasteiger partial charge in [-0.15, -0.1) is 0 Å². The van der Waals surface area contributed by atoms with Crippen LogP contribution >= 0.6 is 11.5 Å². The van der Waals surface area contributed by atoms with Crippen molar-refractivity contribution in [2.75, 3.05) is 24.2 Å². The van der Waals surface area contributed by atoms with Crippen LogP contribution in [0.2, 0.25) is 0 Å². The molecule has 0 aromatic carbocycles. The molecule has 0 amide bonds. The third-order valence-electron chi connectivity index (χ3n) is 3.31. The van der Waals surface area contributed by atoms with E-state index in [9.17, 15) is 5.11 Å². The predicted octanol–water partition coefficient (Wildman–Crippen LogP) is 1.48. The van der Waals surface area contributed by atoms with E-state index in [0.29, 0.717) is 5.95 Å². The van der Waals surface area contributed by atoms with E-state index >= 15 is 0 Å². The summed E-state index contributed by atoms with van der Waals surface area (Å²) in [4.78, 5) is 4.05. The third-order valence-corrected chi connectivity index (χ3v) is 3.99. The van der Waals surface area contributed by atoms with Gasteiger partial charge in [0, 0.05) is 23.5 Å². The van der Waals surface area contributed by atoms with E-state index in [-0.39, 0.29) is 12.0 Å². The normalized spacial score (nSPS) is 19.6. The van der Waals surface area contributed by atoms with Crippen molar-refractivity contribution in [1.29, 1.82) is 0 Å². The molecule has 0 atom stereocenters. The van der Waals surface area contributed by atoms with Gasteiger partial charge in [-0.2, -0.15) is 9.36 Å². The number of nitrogens with one attached hydrogen (secondary N) is 1. The van der Waals surface area contributed by atoms with Crippen LogP contribution in [0.15, 0.2) is 0 Å². The smallest absolute Gasteiger partial charge is 0.233 e. The van der Waals surface area contributed by atoms with Crippen LogP contribution in [0.25, 0.3) is 0 Å². The van der Waals surface area contributed by atoms with Gasteiger partial charge in [-0.3, -0.25) is 0 Å². The van der Waals surface area contributed by atoms with E-state index in [0.717, 1.165) is 24.5 Å². The maximum Gasteiger partial charge on any atom is 0.233 e. The summed E-state index contributed by atoms with van der Waals surface area (Å²) in [5.74, 6) is 0.314. The Hall–Kier alpha value is -0.880. The average Bonchev–Trinajstić information content (AvgIpc) is 2.74. The molecule has 16 heavy (non-hydrogen) atoms. The molecular formula is C10H18N4OS. The minimum atomic E-state index is 0.0265. The maximum absolute atomic E-state index is 9.53. The SMILES string of the molecule is Nc1nsc(NCC2(CO)CCCCC2)n1. The van der Waals surface area contributed by atoms with Crippen molar-refractivity contribution < 1.29 is 5.11 Å². The molecule has 0 radical (unpaired) electrons. The monoisotopic (exact) mass is 242 g/mol. The summed E-state index contributed by atoms with van der Waals surface area (Å²) < 4.78 is 3.91. The van der Waals surface area contributed by atoms with E-state index in [1.54, 1.807) is 0 Å². The fourth-order valence-corrected chi connectivity index (χ4v) is 2.75. The van der Waals surface area contributed by atoms with Crippen molar-refractivity contribution in [1.82, 2.24) is 9.36 Å². The van der Waals surface area contributed by atoms with Gasteiger partial charge in [0.1, 0.15) is 0 Å². The first-order valence-electron chi connectivity index (χ1n) is 5.68. The van der Waals surface area contributed by atoms with Crippen LogP contribution in [0.4, 0.5) is 11.1 Å². The third kappa shape index (κ3) is 2.62. The molecule has 2 rings (SSSR count). The van der Waals surface area contributed by atoms with Gasteiger partial charge in [-0.1, -0.05) is 19.3 Å². The number of nitrogen functional groups attached to an aromatic ring is 1. The van der Waals surface area contributed by atoms with Gasteiger partial charge in [0.15, 0.2) is 0 Å². The molecule has 0 unspecified atom stereocenters. The highest BCUT2D eigenvalue weighted by Gasteiger charge is 2.31. The van der Waals surface area contributed by atoms with Gasteiger partial charge < -0.3 is 16.2 Å². The Morgan fingerprint density at radius 2 is 2.12 bits per heavy atom. The lowest BCUT2D eigenvalue weighted by Crippen LogP contribution is -2.35. The van der Waals surface area contributed by atoms with Crippen LogP contribution in [0.1, 0.15) is 32.1 Å². The van der Waals surface area contributed by atoms with Gasteiger partial charge in [-0.25, -0.2) is 0 Å². The number of aromatic nitrogens is 2. The number of aliphatic hydroxyl groups excluding tert-OH is 1. The highest BCUT2D eigenvalue weighted by Crippen LogP contribution is 2.36. The number of rotatable bonds is 4. The summed E-state index contributed by atoms with van der Waals surface area (Å²) in [5, 5.41) is 13.5. The quantitative estimate of drug-likeness (QED) is 0.744. The van der Waals surface area contributed by atoms with Gasteiger partial charge in [0.25, 0.3) is 0 Å². The lowest BCUT2D eigenvalue weighted by Gasteiger charge is -2.35. The molecule has 1 heterocycles. The molecule has 4 N–H and O–H groups in total. The number of anilines is 2. The van der Waals surface area contributed by atoms with Crippen LogP contribution in [-0.4, -0.2) is 27.6 Å². The van der Waals surface area contributed by atoms with E-state index in [1.165, 1.54) is 30.8 Å². The average molecular weight is 242 g/mol. The first kappa shape index (κ1) is 11.6. The minimum Gasteiger partial charge on any atom is -0.396 e. The number of nitrogens with zero attached hydrogens (tertiary/aromatic N) is 2. The van der Waals surface area contributed by atoms with E-state index in [2.05, 4.69) is 14.7 Å². The molecule has 0 saturated heterocycles. The first-order valence-corrected chi connectivity index (χ1v) is 6.45. The van der Waals surface area contributed by atoms with E-state index in [4.69, 9.17) is 5.73 Å². The summed E-state index contributed by atoms with van der Waals surface area (Å²) in [6.07, 6.45) is 5.88. The van der Waals surface area contributed by atoms with Gasteiger partial charge >= 0.3 is 0 Å². The second kappa shape index (κ2) is 4.97. The number of nitrogens with two attached hydrogens (primary N) is 1. The van der Waals surface area contributed by atoms with Crippen LogP contribution in [0.3, 0.4) is 0 Å². The Balaban J connectivity index is 1.91. The van der Waals surface area contributed by atoms with Crippen molar-refractivity contribution >= 4 is 22.6 Å². The standard InChI is InChI=1S/C10H18N4OS/c11-8-13-9(16-14-8)12-6-10(7-15)4-2-1-3-5-10/h15H,1-7H2,(H3,11,12,13,14). The Kier molecular flexibility index (Phi) is 3.60. The molecule has 1 aromatic rings. The molecular weight excluding hydrogens is 224 g/mol. The van der Waals surface area contributed by atoms with Crippen molar-refractivity contribution in [2.24, 2.45) is 5.41 Å². The zero-order valence-electron chi connectivity index (χ0n) is 9.28. The van der Waals surface area contributed by atoms with Crippen molar-refractivity contribution in [2.45, 2.75) is 32.1 Å². The Bertz CT molecular complexity index is 335. The predicted molar refractivity (Wildman–Crippen MR) is 65.4 cm³/mol. The van der Waals surface area contributed by atoms with Crippen LogP contribution in [-0.2, 0) is 0 Å². The minimum absolute atomic E-state index is 0.0265. The maximum atomic E-state index is 9.53. The van der Waals surface area contributed by atoms with Gasteiger partial charge in [-0.05, 0) is 12.8 Å². The summed E-state index contributed by atoms with van der Waals surface area (Å²) >= 11 is 1.27. The molecule has 1 aliphatic rings. The highest BCUT2D eigenvalue weighted by molar-refractivity contribution is 7.09. The topological polar surface area (TPSA) is 84.1 Å². The number of hydrogen-bond donors (Lipinski definition) is 3. The summed E-state index contributed by atoms with van der Waals surface area (Å²) in [7, 11) is 0. The molecule has 1 aliphatic carbocycles. The molecule has 1 saturated carbocycles. The first-order chi connectivity index (χ1) is 7.74. The fourth-order valence-electron chi connectivity index (χ4n) is 2.26. The molecule has 0 bridgehead atoms. The van der Waals surface area contributed by atoms with Crippen molar-refractivity contribution in [3.63, 3.8) is 0 Å². The molecule has 0 spiro atoms. The largest absolute Gasteiger partial charge is 0.396 e. The summed E-state index contributed by atoms with van der Waals surface area (Å²) in [6.45, 7) is 1.01. The lowest BCUT2D eigenvalue weighted by atomic mass is 9.74. The number of aliphatic hydroxyl groups is 1. The highest BCUT2D eigenvalue weighted by atomic mass is 32.1. The van der Waals surface area contributed by atoms with Crippen molar-refractivity contribution in [3.05, 3.63) is 0 Å². The molecule has 0 aliphatic heterocycles. The summed E-state index contributed by atoms with van der Waals surface area (Å²) in [6, 6.07) is 0. The van der Waals surface area contributed by atoms with Gasteiger partial charge in [0.05, 0.1) is 6.61 Å². The molecule has 6 heteroatoms. The number of hydrogen-bond acceptors (Lipinski definition) is 6. The van der Waals surface area contributed by atoms with E-state index in [1.807, 2.05) is 0 Å². The van der Waals surface area contributed by atoms with Crippen molar-refractivity contribution in [3.8, 4) is 0 Å². The fraction of sp³-hybridized carbons (Fsp3) is 0.800. The zero-order chi connectivity index (χ0) is 11.4. The Labute approximate surface area is 99.2 Å². The van der Waals surface area contributed by atoms with Crippen LogP contribution < -0.4 is 11.1 Å². The Morgan fingerprint density at radius 3 is 2.69 bits per heavy atom. The van der Waals surface area contributed by atoms with Crippen LogP contribution in [0.5, 0.6) is 0 Å². The van der Waals surface area contributed by atoms with Crippen LogP contribution in [0, 0.1) is 5.41 Å². The second-order valence-electron chi connectivity index (χ2n) is 4.53. The van der Waals surface area contributed by atoms with E-state index < -0.39 is 0 Å². The zero-order valence-corrected chi connectivity index (χ0v) is 10.1. The second-order valence-corrected chi connectivity index (χ2v) is 5.28. The summed E-state index contributed by atoms with van der Waals surface area (Å²) in [5.41, 5.74) is 5.48.